The summed E-state index contributed by atoms with van der Waals surface area (Å²) in [4.78, 5) is 10.7. The van der Waals surface area contributed by atoms with Gasteiger partial charge in [0.05, 0.1) is 22.1 Å². The second-order valence-electron chi connectivity index (χ2n) is 14.2. The van der Waals surface area contributed by atoms with E-state index in [1.54, 1.807) is 0 Å². The van der Waals surface area contributed by atoms with Gasteiger partial charge in [-0.25, -0.2) is 9.98 Å². The summed E-state index contributed by atoms with van der Waals surface area (Å²) < 4.78 is 8.89. The second-order valence-corrected chi connectivity index (χ2v) is 14.2. The zero-order chi connectivity index (χ0) is 37.0. The van der Waals surface area contributed by atoms with E-state index in [0.717, 1.165) is 78.0 Å². The van der Waals surface area contributed by atoms with E-state index < -0.39 is 6.17 Å². The Balaban J connectivity index is 1.15. The van der Waals surface area contributed by atoms with Crippen LogP contribution in [0.15, 0.2) is 209 Å². The molecule has 3 heterocycles. The maximum atomic E-state index is 6.48. The third-order valence-corrected chi connectivity index (χ3v) is 10.9. The highest BCUT2D eigenvalue weighted by Gasteiger charge is 2.26. The summed E-state index contributed by atoms with van der Waals surface area (Å²) in [6.45, 7) is 0. The molecule has 5 nitrogen and oxygen atoms in total. The fourth-order valence-corrected chi connectivity index (χ4v) is 8.22. The summed E-state index contributed by atoms with van der Waals surface area (Å²) >= 11 is 0. The molecule has 0 fully saturated rings. The molecule has 0 saturated heterocycles. The van der Waals surface area contributed by atoms with E-state index >= 15 is 0 Å². The zero-order valence-electron chi connectivity index (χ0n) is 30.3. The zero-order valence-corrected chi connectivity index (χ0v) is 30.3. The first-order chi connectivity index (χ1) is 27.8. The monoisotopic (exact) mass is 718 g/mol. The SMILES string of the molecule is c1ccc(C2=NC(c3ccccc3-n3c4ccc(-c5ccccc5)cc4c4ccc5oc6ccccc6c5c43)N=C(c3ccc(-c4ccccc4)cc3)N2)cc1. The smallest absolute Gasteiger partial charge is 0.171 e. The lowest BCUT2D eigenvalue weighted by Gasteiger charge is -2.24. The van der Waals surface area contributed by atoms with Crippen LogP contribution in [-0.2, 0) is 0 Å². The second kappa shape index (κ2) is 13.1. The van der Waals surface area contributed by atoms with Crippen LogP contribution in [-0.4, -0.2) is 16.2 Å². The molecule has 0 aliphatic carbocycles. The third kappa shape index (κ3) is 5.32. The third-order valence-electron chi connectivity index (χ3n) is 10.9. The van der Waals surface area contributed by atoms with Crippen LogP contribution < -0.4 is 5.32 Å². The molecule has 56 heavy (non-hydrogen) atoms. The van der Waals surface area contributed by atoms with Gasteiger partial charge in [0.2, 0.25) is 0 Å². The van der Waals surface area contributed by atoms with E-state index in [0.29, 0.717) is 0 Å². The Morgan fingerprint density at radius 2 is 0.982 bits per heavy atom. The predicted octanol–water partition coefficient (Wildman–Crippen LogP) is 12.5. The van der Waals surface area contributed by atoms with Crippen molar-refractivity contribution in [3.63, 3.8) is 0 Å². The van der Waals surface area contributed by atoms with E-state index in [4.69, 9.17) is 14.4 Å². The Morgan fingerprint density at radius 3 is 1.71 bits per heavy atom. The van der Waals surface area contributed by atoms with Crippen LogP contribution >= 0.6 is 0 Å². The molecule has 1 atom stereocenters. The molecule has 1 N–H and O–H groups in total. The Labute approximate surface area is 323 Å². The van der Waals surface area contributed by atoms with Gasteiger partial charge in [-0.15, -0.1) is 0 Å². The normalized spacial score (nSPS) is 14.2. The molecule has 0 saturated carbocycles. The molecule has 0 amide bonds. The van der Waals surface area contributed by atoms with Gasteiger partial charge in [-0.3, -0.25) is 0 Å². The van der Waals surface area contributed by atoms with Gasteiger partial charge < -0.3 is 14.3 Å². The summed E-state index contributed by atoms with van der Waals surface area (Å²) in [5.41, 5.74) is 12.6. The van der Waals surface area contributed by atoms with Gasteiger partial charge in [-0.2, -0.15) is 0 Å². The fraction of sp³-hybridized carbons (Fsp3) is 0.0196. The van der Waals surface area contributed by atoms with Crippen LogP contribution in [0.1, 0.15) is 22.9 Å². The number of benzene rings is 8. The minimum absolute atomic E-state index is 0.525. The van der Waals surface area contributed by atoms with Crippen LogP contribution in [0.5, 0.6) is 0 Å². The first-order valence-corrected chi connectivity index (χ1v) is 18.9. The van der Waals surface area contributed by atoms with Gasteiger partial charge in [-0.05, 0) is 58.7 Å². The largest absolute Gasteiger partial charge is 0.456 e. The van der Waals surface area contributed by atoms with Gasteiger partial charge in [-0.1, -0.05) is 158 Å². The lowest BCUT2D eigenvalue weighted by Crippen LogP contribution is -2.36. The van der Waals surface area contributed by atoms with Crippen LogP contribution in [0.2, 0.25) is 0 Å². The highest BCUT2D eigenvalue weighted by Crippen LogP contribution is 2.43. The number of amidine groups is 2. The minimum Gasteiger partial charge on any atom is -0.456 e. The molecule has 11 rings (SSSR count). The Morgan fingerprint density at radius 1 is 0.429 bits per heavy atom. The van der Waals surface area contributed by atoms with Crippen LogP contribution in [0.4, 0.5) is 0 Å². The number of hydrogen-bond acceptors (Lipinski definition) is 4. The van der Waals surface area contributed by atoms with Crippen molar-refractivity contribution < 1.29 is 4.42 Å². The number of nitrogens with one attached hydrogen (secondary N) is 1. The number of aliphatic imine (C=N–C) groups is 2. The molecular formula is C51H34N4O. The number of para-hydroxylation sites is 2. The highest BCUT2D eigenvalue weighted by atomic mass is 16.3. The average Bonchev–Trinajstić information content (AvgIpc) is 3.82. The van der Waals surface area contributed by atoms with Crippen LogP contribution in [0.25, 0.3) is 71.7 Å². The number of aromatic nitrogens is 1. The molecule has 5 heteroatoms. The summed E-state index contributed by atoms with van der Waals surface area (Å²) in [7, 11) is 0. The summed E-state index contributed by atoms with van der Waals surface area (Å²) in [5, 5.41) is 8.11. The van der Waals surface area contributed by atoms with Crippen molar-refractivity contribution in [3.8, 4) is 27.9 Å². The van der Waals surface area contributed by atoms with Crippen molar-refractivity contribution in [2.75, 3.05) is 0 Å². The Kier molecular flexibility index (Phi) is 7.49. The topological polar surface area (TPSA) is 54.8 Å². The molecule has 2 aromatic heterocycles. The first kappa shape index (κ1) is 32.0. The van der Waals surface area contributed by atoms with Crippen LogP contribution in [0.3, 0.4) is 0 Å². The number of fused-ring (bicyclic) bond motifs is 7. The molecule has 8 aromatic carbocycles. The van der Waals surface area contributed by atoms with E-state index in [1.165, 1.54) is 22.1 Å². The summed E-state index contributed by atoms with van der Waals surface area (Å²) in [5.74, 6) is 1.55. The predicted molar refractivity (Wildman–Crippen MR) is 231 cm³/mol. The highest BCUT2D eigenvalue weighted by molar-refractivity contribution is 6.25. The Hall–Kier alpha value is -7.50. The summed E-state index contributed by atoms with van der Waals surface area (Å²) in [6.07, 6.45) is -0.525. The minimum atomic E-state index is -0.525. The van der Waals surface area contributed by atoms with Gasteiger partial charge in [0.1, 0.15) is 22.8 Å². The van der Waals surface area contributed by atoms with Crippen molar-refractivity contribution in [1.82, 2.24) is 9.88 Å². The van der Waals surface area contributed by atoms with E-state index in [1.807, 2.05) is 36.4 Å². The molecule has 1 aliphatic heterocycles. The molecule has 1 aliphatic rings. The van der Waals surface area contributed by atoms with Gasteiger partial charge >= 0.3 is 0 Å². The first-order valence-electron chi connectivity index (χ1n) is 18.9. The van der Waals surface area contributed by atoms with Crippen molar-refractivity contribution in [1.29, 1.82) is 0 Å². The van der Waals surface area contributed by atoms with Crippen LogP contribution in [0, 0.1) is 0 Å². The molecule has 10 aromatic rings. The maximum Gasteiger partial charge on any atom is 0.171 e. The van der Waals surface area contributed by atoms with E-state index in [2.05, 4.69) is 168 Å². The summed E-state index contributed by atoms with van der Waals surface area (Å²) in [6, 6.07) is 68.0. The molecule has 0 bridgehead atoms. The molecular weight excluding hydrogens is 685 g/mol. The maximum absolute atomic E-state index is 6.48. The molecule has 264 valence electrons. The Bertz CT molecular complexity index is 3140. The van der Waals surface area contributed by atoms with E-state index in [-0.39, 0.29) is 0 Å². The number of hydrogen-bond donors (Lipinski definition) is 1. The van der Waals surface area contributed by atoms with Crippen molar-refractivity contribution in [2.24, 2.45) is 9.98 Å². The quantitative estimate of drug-likeness (QED) is 0.186. The lowest BCUT2D eigenvalue weighted by molar-refractivity contribution is 0.669. The van der Waals surface area contributed by atoms with Crippen molar-refractivity contribution >= 4 is 55.4 Å². The molecule has 0 spiro atoms. The number of furan rings is 1. The van der Waals surface area contributed by atoms with Crippen molar-refractivity contribution in [3.05, 3.63) is 211 Å². The van der Waals surface area contributed by atoms with Gasteiger partial charge in [0.25, 0.3) is 0 Å². The standard InChI is InChI=1S/C51H34N4O/c1-4-14-33(15-5-1)35-24-26-37(27-25-35)50-52-49(36-18-8-3-9-19-36)53-51(54-50)40-20-10-12-22-43(40)55-44-30-28-38(34-16-6-2-7-17-34)32-42(44)39-29-31-46-47(48(39)55)41-21-11-13-23-45(41)56-46/h1-32,51H,(H,52,53,54). The molecule has 1 unspecified atom stereocenters. The molecule has 0 radical (unpaired) electrons. The lowest BCUT2D eigenvalue weighted by atomic mass is 10.0. The fourth-order valence-electron chi connectivity index (χ4n) is 8.22. The number of rotatable bonds is 6. The van der Waals surface area contributed by atoms with Crippen molar-refractivity contribution in [2.45, 2.75) is 6.17 Å². The van der Waals surface area contributed by atoms with Gasteiger partial charge in [0, 0.05) is 32.8 Å². The number of nitrogens with zero attached hydrogens (tertiary/aromatic N) is 3. The van der Waals surface area contributed by atoms with Gasteiger partial charge in [0.15, 0.2) is 6.17 Å². The average molecular weight is 719 g/mol. The van der Waals surface area contributed by atoms with E-state index in [9.17, 15) is 0 Å².